The molecule has 2 rings (SSSR count). The fraction of sp³-hybridized carbons (Fsp3) is 0.429. The van der Waals surface area contributed by atoms with Crippen LogP contribution < -0.4 is 10.6 Å². The maximum atomic E-state index is 4.61. The van der Waals surface area contributed by atoms with E-state index >= 15 is 0 Å². The quantitative estimate of drug-likeness (QED) is 0.852. The standard InChI is InChI=1S/C14H20N4S/c1-10(7-15-3)8-17-13-11(2)18-14(19-13)12-5-4-6-16-9-12/h4-6,9-10,15,17H,7-8H2,1-3H3. The second-order valence-corrected chi connectivity index (χ2v) is 5.72. The molecule has 0 amide bonds. The average Bonchev–Trinajstić information content (AvgIpc) is 2.79. The van der Waals surface area contributed by atoms with Crippen LogP contribution in [-0.2, 0) is 0 Å². The smallest absolute Gasteiger partial charge is 0.127 e. The third-order valence-corrected chi connectivity index (χ3v) is 4.03. The molecule has 2 aromatic rings. The van der Waals surface area contributed by atoms with Crippen LogP contribution in [0.15, 0.2) is 24.5 Å². The molecule has 102 valence electrons. The van der Waals surface area contributed by atoms with Crippen LogP contribution >= 0.6 is 11.3 Å². The molecule has 0 spiro atoms. The Morgan fingerprint density at radius 3 is 2.89 bits per heavy atom. The lowest BCUT2D eigenvalue weighted by Gasteiger charge is -2.11. The number of aromatic nitrogens is 2. The number of rotatable bonds is 6. The Bertz CT molecular complexity index is 509. The van der Waals surface area contributed by atoms with Gasteiger partial charge in [0.15, 0.2) is 0 Å². The van der Waals surface area contributed by atoms with Crippen LogP contribution in [0.2, 0.25) is 0 Å². The number of anilines is 1. The molecule has 2 N–H and O–H groups in total. The van der Waals surface area contributed by atoms with Crippen LogP contribution in [0.1, 0.15) is 12.6 Å². The minimum atomic E-state index is 0.591. The molecule has 1 atom stereocenters. The van der Waals surface area contributed by atoms with E-state index in [9.17, 15) is 0 Å². The van der Waals surface area contributed by atoms with Crippen LogP contribution in [-0.4, -0.2) is 30.1 Å². The van der Waals surface area contributed by atoms with Crippen molar-refractivity contribution < 1.29 is 0 Å². The number of nitrogens with zero attached hydrogens (tertiary/aromatic N) is 2. The molecule has 0 aliphatic heterocycles. The van der Waals surface area contributed by atoms with Gasteiger partial charge in [-0.2, -0.15) is 0 Å². The summed E-state index contributed by atoms with van der Waals surface area (Å²) in [7, 11) is 1.98. The Morgan fingerprint density at radius 1 is 1.37 bits per heavy atom. The first-order valence-corrected chi connectivity index (χ1v) is 7.28. The van der Waals surface area contributed by atoms with Gasteiger partial charge < -0.3 is 10.6 Å². The van der Waals surface area contributed by atoms with Crippen molar-refractivity contribution in [2.24, 2.45) is 5.92 Å². The van der Waals surface area contributed by atoms with Gasteiger partial charge in [-0.15, -0.1) is 0 Å². The van der Waals surface area contributed by atoms with Gasteiger partial charge in [0, 0.05) is 24.5 Å². The first-order valence-electron chi connectivity index (χ1n) is 6.47. The van der Waals surface area contributed by atoms with E-state index in [2.05, 4.69) is 27.5 Å². The third-order valence-electron chi connectivity index (χ3n) is 2.87. The first kappa shape index (κ1) is 14.0. The number of aryl methyl sites for hydroxylation is 1. The maximum Gasteiger partial charge on any atom is 0.127 e. The van der Waals surface area contributed by atoms with Crippen molar-refractivity contribution in [2.75, 3.05) is 25.5 Å². The van der Waals surface area contributed by atoms with E-state index < -0.39 is 0 Å². The Morgan fingerprint density at radius 2 is 2.21 bits per heavy atom. The van der Waals surface area contributed by atoms with Gasteiger partial charge in [0.05, 0.1) is 5.69 Å². The van der Waals surface area contributed by atoms with Crippen LogP contribution in [0.3, 0.4) is 0 Å². The number of nitrogens with one attached hydrogen (secondary N) is 2. The summed E-state index contributed by atoms with van der Waals surface area (Å²) >= 11 is 1.69. The highest BCUT2D eigenvalue weighted by molar-refractivity contribution is 7.19. The monoisotopic (exact) mass is 276 g/mol. The Labute approximate surface area is 118 Å². The lowest BCUT2D eigenvalue weighted by Crippen LogP contribution is -2.22. The second-order valence-electron chi connectivity index (χ2n) is 4.72. The summed E-state index contributed by atoms with van der Waals surface area (Å²) in [5.41, 5.74) is 2.13. The van der Waals surface area contributed by atoms with Crippen molar-refractivity contribution in [3.63, 3.8) is 0 Å². The molecule has 2 heterocycles. The second kappa shape index (κ2) is 6.63. The lowest BCUT2D eigenvalue weighted by molar-refractivity contribution is 0.570. The van der Waals surface area contributed by atoms with Crippen molar-refractivity contribution >= 4 is 16.3 Å². The van der Waals surface area contributed by atoms with E-state index in [1.54, 1.807) is 17.5 Å². The molecule has 0 aliphatic carbocycles. The fourth-order valence-corrected chi connectivity index (χ4v) is 2.82. The van der Waals surface area contributed by atoms with Gasteiger partial charge in [-0.25, -0.2) is 4.98 Å². The van der Waals surface area contributed by atoms with Gasteiger partial charge in [0.2, 0.25) is 0 Å². The van der Waals surface area contributed by atoms with E-state index in [0.29, 0.717) is 5.92 Å². The predicted molar refractivity (Wildman–Crippen MR) is 81.7 cm³/mol. The van der Waals surface area contributed by atoms with E-state index in [1.807, 2.05) is 32.3 Å². The average molecular weight is 276 g/mol. The maximum absolute atomic E-state index is 4.61. The van der Waals surface area contributed by atoms with Crippen molar-refractivity contribution in [3.8, 4) is 10.6 Å². The van der Waals surface area contributed by atoms with E-state index in [1.165, 1.54) is 0 Å². The summed E-state index contributed by atoms with van der Waals surface area (Å²) in [5.74, 6) is 0.591. The third kappa shape index (κ3) is 3.75. The highest BCUT2D eigenvalue weighted by Crippen LogP contribution is 2.31. The molecule has 1 unspecified atom stereocenters. The zero-order chi connectivity index (χ0) is 13.7. The summed E-state index contributed by atoms with van der Waals surface area (Å²) in [6.07, 6.45) is 3.63. The molecular weight excluding hydrogens is 256 g/mol. The topological polar surface area (TPSA) is 49.8 Å². The molecular formula is C14H20N4S. The molecule has 0 saturated carbocycles. The minimum absolute atomic E-state index is 0.591. The van der Waals surface area contributed by atoms with E-state index in [4.69, 9.17) is 0 Å². The molecule has 0 aromatic carbocycles. The Balaban J connectivity index is 2.05. The van der Waals surface area contributed by atoms with Crippen molar-refractivity contribution in [3.05, 3.63) is 30.2 Å². The van der Waals surface area contributed by atoms with Crippen LogP contribution in [0.4, 0.5) is 5.00 Å². The van der Waals surface area contributed by atoms with Gasteiger partial charge in [-0.1, -0.05) is 18.3 Å². The molecule has 5 heteroatoms. The minimum Gasteiger partial charge on any atom is -0.375 e. The van der Waals surface area contributed by atoms with Crippen molar-refractivity contribution in [2.45, 2.75) is 13.8 Å². The SMILES string of the molecule is CNCC(C)CNc1sc(-c2cccnc2)nc1C. The van der Waals surface area contributed by atoms with Crippen molar-refractivity contribution in [1.82, 2.24) is 15.3 Å². The molecule has 0 fully saturated rings. The van der Waals surface area contributed by atoms with E-state index in [-0.39, 0.29) is 0 Å². The predicted octanol–water partition coefficient (Wildman–Crippen LogP) is 2.78. The molecule has 0 saturated heterocycles. The molecule has 0 aliphatic rings. The van der Waals surface area contributed by atoms with Gasteiger partial charge in [0.1, 0.15) is 10.0 Å². The van der Waals surface area contributed by atoms with Crippen LogP contribution in [0.25, 0.3) is 10.6 Å². The number of hydrogen-bond donors (Lipinski definition) is 2. The van der Waals surface area contributed by atoms with Gasteiger partial charge in [-0.3, -0.25) is 4.98 Å². The summed E-state index contributed by atoms with van der Waals surface area (Å²) < 4.78 is 0. The first-order chi connectivity index (χ1) is 9.20. The van der Waals surface area contributed by atoms with Crippen LogP contribution in [0, 0.1) is 12.8 Å². The normalized spacial score (nSPS) is 12.4. The number of pyridine rings is 1. The van der Waals surface area contributed by atoms with Crippen molar-refractivity contribution in [1.29, 1.82) is 0 Å². The summed E-state index contributed by atoms with van der Waals surface area (Å²) in [5, 5.41) is 8.85. The molecule has 0 bridgehead atoms. The Hall–Kier alpha value is -1.46. The molecule has 4 nitrogen and oxygen atoms in total. The van der Waals surface area contributed by atoms with Gasteiger partial charge in [0.25, 0.3) is 0 Å². The largest absolute Gasteiger partial charge is 0.375 e. The summed E-state index contributed by atoms with van der Waals surface area (Å²) in [6, 6.07) is 3.98. The van der Waals surface area contributed by atoms with Crippen LogP contribution in [0.5, 0.6) is 0 Å². The fourth-order valence-electron chi connectivity index (χ4n) is 1.86. The summed E-state index contributed by atoms with van der Waals surface area (Å²) in [6.45, 7) is 6.24. The van der Waals surface area contributed by atoms with Gasteiger partial charge >= 0.3 is 0 Å². The summed E-state index contributed by atoms with van der Waals surface area (Å²) in [4.78, 5) is 8.74. The molecule has 2 aromatic heterocycles. The molecule has 0 radical (unpaired) electrons. The zero-order valence-corrected chi connectivity index (χ0v) is 12.4. The van der Waals surface area contributed by atoms with E-state index in [0.717, 1.165) is 34.4 Å². The highest BCUT2D eigenvalue weighted by Gasteiger charge is 2.10. The Kier molecular flexibility index (Phi) is 4.87. The van der Waals surface area contributed by atoms with Gasteiger partial charge in [-0.05, 0) is 38.6 Å². The highest BCUT2D eigenvalue weighted by atomic mass is 32.1. The number of hydrogen-bond acceptors (Lipinski definition) is 5. The lowest BCUT2D eigenvalue weighted by atomic mass is 10.2. The number of thiazole rings is 1. The molecule has 19 heavy (non-hydrogen) atoms. The zero-order valence-electron chi connectivity index (χ0n) is 11.6.